The first kappa shape index (κ1) is 17.1. The first-order chi connectivity index (χ1) is 11.1. The fourth-order valence-electron chi connectivity index (χ4n) is 2.27. The summed E-state index contributed by atoms with van der Waals surface area (Å²) in [6.45, 7) is 4.69. The van der Waals surface area contributed by atoms with Gasteiger partial charge in [-0.2, -0.15) is 0 Å². The zero-order valence-electron chi connectivity index (χ0n) is 14.0. The molecule has 124 valence electrons. The average Bonchev–Trinajstić information content (AvgIpc) is 2.92. The predicted molar refractivity (Wildman–Crippen MR) is 89.5 cm³/mol. The Hall–Kier alpha value is -2.30. The molecule has 0 radical (unpaired) electrons. The third-order valence-electron chi connectivity index (χ3n) is 3.66. The van der Waals surface area contributed by atoms with Crippen LogP contribution in [0.5, 0.6) is 5.75 Å². The van der Waals surface area contributed by atoms with Gasteiger partial charge in [-0.1, -0.05) is 19.8 Å². The molecule has 0 saturated heterocycles. The Morgan fingerprint density at radius 1 is 1.26 bits per heavy atom. The summed E-state index contributed by atoms with van der Waals surface area (Å²) >= 11 is 0. The standard InChI is InChI=1S/C18H24N2O3/c1-4-5-6-11-19-17(21)12-16-13(2)23-18(20-16)14-7-9-15(22-3)10-8-14/h7-10H,4-6,11-12H2,1-3H3,(H,19,21). The van der Waals surface area contributed by atoms with E-state index >= 15 is 0 Å². The van der Waals surface area contributed by atoms with Crippen molar-refractivity contribution >= 4 is 5.91 Å². The van der Waals surface area contributed by atoms with E-state index in [9.17, 15) is 4.79 Å². The van der Waals surface area contributed by atoms with Gasteiger partial charge in [-0.05, 0) is 37.6 Å². The van der Waals surface area contributed by atoms with E-state index in [0.717, 1.165) is 37.1 Å². The van der Waals surface area contributed by atoms with E-state index in [2.05, 4.69) is 17.2 Å². The van der Waals surface area contributed by atoms with Crippen molar-refractivity contribution in [1.29, 1.82) is 0 Å². The fraction of sp³-hybridized carbons (Fsp3) is 0.444. The van der Waals surface area contributed by atoms with Crippen LogP contribution in [0.15, 0.2) is 28.7 Å². The van der Waals surface area contributed by atoms with Crippen LogP contribution in [0.25, 0.3) is 11.5 Å². The molecule has 5 nitrogen and oxygen atoms in total. The second kappa shape index (κ2) is 8.36. The lowest BCUT2D eigenvalue weighted by molar-refractivity contribution is -0.120. The first-order valence-corrected chi connectivity index (χ1v) is 8.01. The lowest BCUT2D eigenvalue weighted by Crippen LogP contribution is -2.26. The Balaban J connectivity index is 1.98. The van der Waals surface area contributed by atoms with E-state index in [4.69, 9.17) is 9.15 Å². The molecule has 2 aromatic rings. The number of oxazole rings is 1. The number of unbranched alkanes of at least 4 members (excludes halogenated alkanes) is 2. The molecule has 2 rings (SSSR count). The molecule has 1 amide bonds. The molecule has 0 aliphatic heterocycles. The normalized spacial score (nSPS) is 10.6. The van der Waals surface area contributed by atoms with E-state index in [-0.39, 0.29) is 12.3 Å². The van der Waals surface area contributed by atoms with Crippen LogP contribution in [0, 0.1) is 6.92 Å². The number of aryl methyl sites for hydroxylation is 1. The maximum absolute atomic E-state index is 11.9. The zero-order chi connectivity index (χ0) is 16.7. The largest absolute Gasteiger partial charge is 0.497 e. The Bertz CT molecular complexity index is 632. The van der Waals surface area contributed by atoms with Gasteiger partial charge in [0.1, 0.15) is 11.5 Å². The van der Waals surface area contributed by atoms with Crippen LogP contribution in [0.1, 0.15) is 37.6 Å². The van der Waals surface area contributed by atoms with Gasteiger partial charge in [0, 0.05) is 12.1 Å². The van der Waals surface area contributed by atoms with E-state index in [1.165, 1.54) is 0 Å². The highest BCUT2D eigenvalue weighted by atomic mass is 16.5. The zero-order valence-corrected chi connectivity index (χ0v) is 14.0. The number of amides is 1. The molecule has 1 N–H and O–H groups in total. The second-order valence-corrected chi connectivity index (χ2v) is 5.48. The quantitative estimate of drug-likeness (QED) is 0.757. The minimum atomic E-state index is -0.0150. The average molecular weight is 316 g/mol. The van der Waals surface area contributed by atoms with Crippen LogP contribution in [-0.4, -0.2) is 24.5 Å². The molecular formula is C18H24N2O3. The van der Waals surface area contributed by atoms with Gasteiger partial charge < -0.3 is 14.5 Å². The van der Waals surface area contributed by atoms with E-state index in [1.54, 1.807) is 7.11 Å². The highest BCUT2D eigenvalue weighted by Crippen LogP contribution is 2.24. The van der Waals surface area contributed by atoms with Gasteiger partial charge in [0.15, 0.2) is 0 Å². The molecule has 23 heavy (non-hydrogen) atoms. The van der Waals surface area contributed by atoms with Crippen LogP contribution >= 0.6 is 0 Å². The Kier molecular flexibility index (Phi) is 6.20. The molecule has 0 saturated carbocycles. The molecule has 0 spiro atoms. The molecule has 5 heteroatoms. The topological polar surface area (TPSA) is 64.4 Å². The number of benzene rings is 1. The number of hydrogen-bond acceptors (Lipinski definition) is 4. The summed E-state index contributed by atoms with van der Waals surface area (Å²) < 4.78 is 10.8. The monoisotopic (exact) mass is 316 g/mol. The van der Waals surface area contributed by atoms with Gasteiger partial charge in [0.05, 0.1) is 19.2 Å². The summed E-state index contributed by atoms with van der Waals surface area (Å²) in [5.41, 5.74) is 1.55. The molecule has 0 bridgehead atoms. The smallest absolute Gasteiger partial charge is 0.226 e. The summed E-state index contributed by atoms with van der Waals surface area (Å²) in [5, 5.41) is 2.92. The van der Waals surface area contributed by atoms with Crippen molar-refractivity contribution in [2.75, 3.05) is 13.7 Å². The first-order valence-electron chi connectivity index (χ1n) is 8.01. The summed E-state index contributed by atoms with van der Waals surface area (Å²) in [4.78, 5) is 16.4. The summed E-state index contributed by atoms with van der Waals surface area (Å²) in [5.74, 6) is 1.97. The SMILES string of the molecule is CCCCCNC(=O)Cc1nc(-c2ccc(OC)cc2)oc1C. The number of ether oxygens (including phenoxy) is 1. The van der Waals surface area contributed by atoms with E-state index < -0.39 is 0 Å². The molecule has 0 fully saturated rings. The maximum atomic E-state index is 11.9. The Labute approximate surface area is 137 Å². The number of methoxy groups -OCH3 is 1. The van der Waals surface area contributed by atoms with Crippen molar-refractivity contribution in [2.24, 2.45) is 0 Å². The van der Waals surface area contributed by atoms with E-state index in [0.29, 0.717) is 17.3 Å². The third kappa shape index (κ3) is 4.84. The molecule has 0 atom stereocenters. The maximum Gasteiger partial charge on any atom is 0.226 e. The van der Waals surface area contributed by atoms with Crippen LogP contribution in [0.3, 0.4) is 0 Å². The van der Waals surface area contributed by atoms with Crippen LogP contribution < -0.4 is 10.1 Å². The fourth-order valence-corrected chi connectivity index (χ4v) is 2.27. The van der Waals surface area contributed by atoms with Crippen LogP contribution in [0.2, 0.25) is 0 Å². The minimum absolute atomic E-state index is 0.0150. The molecule has 0 aliphatic rings. The molecule has 1 aromatic carbocycles. The summed E-state index contributed by atoms with van der Waals surface area (Å²) in [6.07, 6.45) is 3.53. The molecular weight excluding hydrogens is 292 g/mol. The van der Waals surface area contributed by atoms with Gasteiger partial charge in [-0.15, -0.1) is 0 Å². The highest BCUT2D eigenvalue weighted by molar-refractivity contribution is 5.78. The van der Waals surface area contributed by atoms with Crippen LogP contribution in [0.4, 0.5) is 0 Å². The lowest BCUT2D eigenvalue weighted by Gasteiger charge is -2.03. The van der Waals surface area contributed by atoms with Crippen molar-refractivity contribution in [3.8, 4) is 17.2 Å². The van der Waals surface area contributed by atoms with Crippen molar-refractivity contribution < 1.29 is 13.9 Å². The lowest BCUT2D eigenvalue weighted by atomic mass is 10.2. The van der Waals surface area contributed by atoms with Gasteiger partial charge >= 0.3 is 0 Å². The molecule has 1 heterocycles. The number of rotatable bonds is 8. The van der Waals surface area contributed by atoms with Crippen molar-refractivity contribution in [1.82, 2.24) is 10.3 Å². The highest BCUT2D eigenvalue weighted by Gasteiger charge is 2.14. The number of nitrogens with zero attached hydrogens (tertiary/aromatic N) is 1. The Morgan fingerprint density at radius 3 is 2.65 bits per heavy atom. The van der Waals surface area contributed by atoms with Gasteiger partial charge in [0.2, 0.25) is 11.8 Å². The van der Waals surface area contributed by atoms with Gasteiger partial charge in [-0.3, -0.25) is 4.79 Å². The molecule has 0 unspecified atom stereocenters. The van der Waals surface area contributed by atoms with Crippen molar-refractivity contribution in [3.05, 3.63) is 35.7 Å². The Morgan fingerprint density at radius 2 is 2.00 bits per heavy atom. The van der Waals surface area contributed by atoms with Crippen molar-refractivity contribution in [3.63, 3.8) is 0 Å². The number of nitrogens with one attached hydrogen (secondary N) is 1. The molecule has 1 aromatic heterocycles. The number of hydrogen-bond donors (Lipinski definition) is 1. The number of aromatic nitrogens is 1. The van der Waals surface area contributed by atoms with Gasteiger partial charge in [-0.25, -0.2) is 4.98 Å². The predicted octanol–water partition coefficient (Wildman–Crippen LogP) is 3.51. The van der Waals surface area contributed by atoms with Crippen LogP contribution in [-0.2, 0) is 11.2 Å². The number of carbonyl (C=O) groups is 1. The summed E-state index contributed by atoms with van der Waals surface area (Å²) in [6, 6.07) is 7.49. The number of carbonyl (C=O) groups excluding carboxylic acids is 1. The molecule has 0 aliphatic carbocycles. The van der Waals surface area contributed by atoms with Crippen molar-refractivity contribution in [2.45, 2.75) is 39.5 Å². The van der Waals surface area contributed by atoms with E-state index in [1.807, 2.05) is 31.2 Å². The minimum Gasteiger partial charge on any atom is -0.497 e. The third-order valence-corrected chi connectivity index (χ3v) is 3.66. The summed E-state index contributed by atoms with van der Waals surface area (Å²) in [7, 11) is 1.63. The second-order valence-electron chi connectivity index (χ2n) is 5.48. The van der Waals surface area contributed by atoms with Gasteiger partial charge in [0.25, 0.3) is 0 Å².